The summed E-state index contributed by atoms with van der Waals surface area (Å²) in [4.78, 5) is 16.2. The maximum Gasteiger partial charge on any atom is 0.138 e. The summed E-state index contributed by atoms with van der Waals surface area (Å²) in [7, 11) is 1.67. The highest BCUT2D eigenvalue weighted by Gasteiger charge is 2.15. The van der Waals surface area contributed by atoms with Crippen LogP contribution in [0.2, 0.25) is 0 Å². The lowest BCUT2D eigenvalue weighted by atomic mass is 9.96. The number of aromatic nitrogens is 4. The molecule has 2 N–H and O–H groups in total. The molecule has 3 heterocycles. The number of H-pyrrole nitrogens is 2. The molecule has 0 saturated heterocycles. The summed E-state index contributed by atoms with van der Waals surface area (Å²) < 4.78 is 5.34. The van der Waals surface area contributed by atoms with Crippen LogP contribution >= 0.6 is 0 Å². The molecule has 5 nitrogen and oxygen atoms in total. The van der Waals surface area contributed by atoms with Crippen molar-refractivity contribution in [2.24, 2.45) is 0 Å². The average molecular weight is 392 g/mol. The summed E-state index contributed by atoms with van der Waals surface area (Å²) in [6, 6.07) is 14.4. The maximum atomic E-state index is 5.34. The lowest BCUT2D eigenvalue weighted by Gasteiger charge is -2.08. The third-order valence-corrected chi connectivity index (χ3v) is 6.14. The van der Waals surface area contributed by atoms with Gasteiger partial charge < -0.3 is 14.7 Å². The summed E-state index contributed by atoms with van der Waals surface area (Å²) in [5.41, 5.74) is 7.76. The molecule has 6 rings (SSSR count). The molecule has 0 unspecified atom stereocenters. The second-order valence-electron chi connectivity index (χ2n) is 7.78. The van der Waals surface area contributed by atoms with Crippen LogP contribution in [0.25, 0.3) is 55.0 Å². The van der Waals surface area contributed by atoms with E-state index in [0.29, 0.717) is 0 Å². The third kappa shape index (κ3) is 2.29. The van der Waals surface area contributed by atoms with E-state index in [1.165, 1.54) is 38.2 Å². The molecular weight excluding hydrogens is 372 g/mol. The number of hydrogen-bond acceptors (Lipinski definition) is 3. The SMILES string of the molecule is COc1ccc2nc(-c3ccc4[nH]c5c(C)c6ccncc6c(C)c5c4c3)[nH]c2c1. The molecule has 0 aliphatic rings. The van der Waals surface area contributed by atoms with Crippen molar-refractivity contribution in [3.05, 3.63) is 66.0 Å². The molecule has 0 fully saturated rings. The van der Waals surface area contributed by atoms with E-state index in [0.717, 1.165) is 33.7 Å². The molecule has 5 heteroatoms. The van der Waals surface area contributed by atoms with Crippen LogP contribution in [0.3, 0.4) is 0 Å². The van der Waals surface area contributed by atoms with Crippen molar-refractivity contribution in [2.75, 3.05) is 7.11 Å². The van der Waals surface area contributed by atoms with Crippen molar-refractivity contribution in [3.63, 3.8) is 0 Å². The second kappa shape index (κ2) is 6.07. The van der Waals surface area contributed by atoms with Gasteiger partial charge in [0, 0.05) is 45.7 Å². The lowest BCUT2D eigenvalue weighted by molar-refractivity contribution is 0.415. The van der Waals surface area contributed by atoms with Gasteiger partial charge in [-0.15, -0.1) is 0 Å². The van der Waals surface area contributed by atoms with Crippen molar-refractivity contribution < 1.29 is 4.74 Å². The van der Waals surface area contributed by atoms with Crippen LogP contribution in [0.15, 0.2) is 54.9 Å². The molecule has 30 heavy (non-hydrogen) atoms. The minimum absolute atomic E-state index is 0.816. The minimum Gasteiger partial charge on any atom is -0.497 e. The Morgan fingerprint density at radius 2 is 1.73 bits per heavy atom. The van der Waals surface area contributed by atoms with Crippen molar-refractivity contribution in [1.82, 2.24) is 19.9 Å². The summed E-state index contributed by atoms with van der Waals surface area (Å²) in [5.74, 6) is 1.67. The molecular formula is C25H20N4O. The van der Waals surface area contributed by atoms with Crippen LogP contribution in [0, 0.1) is 13.8 Å². The predicted molar refractivity (Wildman–Crippen MR) is 122 cm³/mol. The monoisotopic (exact) mass is 392 g/mol. The Kier molecular flexibility index (Phi) is 3.45. The Balaban J connectivity index is 1.63. The zero-order valence-electron chi connectivity index (χ0n) is 17.0. The van der Waals surface area contributed by atoms with Crippen LogP contribution in [0.4, 0.5) is 0 Å². The number of aromatic amines is 2. The number of benzene rings is 3. The van der Waals surface area contributed by atoms with Gasteiger partial charge in [0.2, 0.25) is 0 Å². The van der Waals surface area contributed by atoms with Gasteiger partial charge in [-0.3, -0.25) is 4.98 Å². The maximum absolute atomic E-state index is 5.34. The molecule has 0 spiro atoms. The standard InChI is InChI=1S/C25H20N4O/c1-13-19-12-26-9-8-17(19)14(2)24-23(13)18-10-15(4-6-20(18)27-24)25-28-21-7-5-16(30-3)11-22(21)29-25/h4-12,27H,1-3H3,(H,28,29). The molecule has 3 aromatic carbocycles. The fourth-order valence-corrected chi connectivity index (χ4v) is 4.55. The number of aryl methyl sites for hydroxylation is 2. The normalized spacial score (nSPS) is 11.8. The molecule has 0 aliphatic carbocycles. The third-order valence-electron chi connectivity index (χ3n) is 6.14. The number of hydrogen-bond donors (Lipinski definition) is 2. The van der Waals surface area contributed by atoms with Gasteiger partial charge in [-0.25, -0.2) is 4.98 Å². The van der Waals surface area contributed by atoms with E-state index in [-0.39, 0.29) is 0 Å². The number of imidazole rings is 1. The summed E-state index contributed by atoms with van der Waals surface area (Å²) in [6.45, 7) is 4.35. The van der Waals surface area contributed by atoms with Crippen LogP contribution in [0.5, 0.6) is 5.75 Å². The molecule has 0 amide bonds. The average Bonchev–Trinajstić information content (AvgIpc) is 3.38. The van der Waals surface area contributed by atoms with Crippen molar-refractivity contribution in [3.8, 4) is 17.1 Å². The number of nitrogens with zero attached hydrogens (tertiary/aromatic N) is 2. The predicted octanol–water partition coefficient (Wildman–Crippen LogP) is 6.04. The van der Waals surface area contributed by atoms with Crippen LogP contribution < -0.4 is 4.74 Å². The summed E-state index contributed by atoms with van der Waals surface area (Å²) in [5, 5.41) is 4.90. The van der Waals surface area contributed by atoms with Gasteiger partial charge in [0.05, 0.1) is 23.7 Å². The number of nitrogens with one attached hydrogen (secondary N) is 2. The van der Waals surface area contributed by atoms with Crippen LogP contribution in [-0.4, -0.2) is 27.0 Å². The quantitative estimate of drug-likeness (QED) is 0.378. The van der Waals surface area contributed by atoms with Gasteiger partial charge in [0.25, 0.3) is 0 Å². The lowest BCUT2D eigenvalue weighted by Crippen LogP contribution is -1.87. The molecule has 0 atom stereocenters. The first-order valence-corrected chi connectivity index (χ1v) is 9.96. The molecule has 0 saturated carbocycles. The Bertz CT molecular complexity index is 1610. The summed E-state index contributed by atoms with van der Waals surface area (Å²) >= 11 is 0. The highest BCUT2D eigenvalue weighted by Crippen LogP contribution is 2.37. The van der Waals surface area contributed by atoms with E-state index in [1.807, 2.05) is 30.6 Å². The van der Waals surface area contributed by atoms with Gasteiger partial charge in [-0.1, -0.05) is 0 Å². The largest absolute Gasteiger partial charge is 0.497 e. The van der Waals surface area contributed by atoms with Crippen molar-refractivity contribution in [1.29, 1.82) is 0 Å². The topological polar surface area (TPSA) is 66.6 Å². The Morgan fingerprint density at radius 3 is 2.60 bits per heavy atom. The minimum atomic E-state index is 0.816. The molecule has 6 aromatic rings. The Labute approximate surface area is 172 Å². The van der Waals surface area contributed by atoms with Gasteiger partial charge in [0.1, 0.15) is 11.6 Å². The first-order valence-electron chi connectivity index (χ1n) is 9.96. The Morgan fingerprint density at radius 1 is 0.833 bits per heavy atom. The smallest absolute Gasteiger partial charge is 0.138 e. The summed E-state index contributed by atoms with van der Waals surface area (Å²) in [6.07, 6.45) is 3.82. The second-order valence-corrected chi connectivity index (χ2v) is 7.78. The first kappa shape index (κ1) is 17.0. The van der Waals surface area contributed by atoms with E-state index in [4.69, 9.17) is 9.72 Å². The zero-order valence-corrected chi connectivity index (χ0v) is 17.0. The fourth-order valence-electron chi connectivity index (χ4n) is 4.55. The molecule has 3 aromatic heterocycles. The van der Waals surface area contributed by atoms with Gasteiger partial charge >= 0.3 is 0 Å². The van der Waals surface area contributed by atoms with Crippen LogP contribution in [-0.2, 0) is 0 Å². The van der Waals surface area contributed by atoms with Gasteiger partial charge in [-0.05, 0) is 66.8 Å². The highest BCUT2D eigenvalue weighted by atomic mass is 16.5. The van der Waals surface area contributed by atoms with E-state index in [2.05, 4.69) is 53.1 Å². The number of methoxy groups -OCH3 is 1. The van der Waals surface area contributed by atoms with E-state index in [9.17, 15) is 0 Å². The molecule has 0 radical (unpaired) electrons. The van der Waals surface area contributed by atoms with Gasteiger partial charge in [0.15, 0.2) is 0 Å². The number of fused-ring (bicyclic) bond motifs is 5. The van der Waals surface area contributed by atoms with Crippen molar-refractivity contribution >= 4 is 43.6 Å². The molecule has 146 valence electrons. The fraction of sp³-hybridized carbons (Fsp3) is 0.120. The highest BCUT2D eigenvalue weighted by molar-refractivity contribution is 6.16. The van der Waals surface area contributed by atoms with E-state index < -0.39 is 0 Å². The first-order chi connectivity index (χ1) is 14.6. The van der Waals surface area contributed by atoms with Gasteiger partial charge in [-0.2, -0.15) is 0 Å². The van der Waals surface area contributed by atoms with Crippen molar-refractivity contribution in [2.45, 2.75) is 13.8 Å². The number of ether oxygens (including phenoxy) is 1. The van der Waals surface area contributed by atoms with E-state index in [1.54, 1.807) is 7.11 Å². The Hall–Kier alpha value is -3.86. The molecule has 0 aliphatic heterocycles. The van der Waals surface area contributed by atoms with Crippen LogP contribution in [0.1, 0.15) is 11.1 Å². The number of rotatable bonds is 2. The molecule has 0 bridgehead atoms. The zero-order chi connectivity index (χ0) is 20.4. The number of pyridine rings is 1. The van der Waals surface area contributed by atoms with E-state index >= 15 is 0 Å².